The monoisotopic (exact) mass is 287 g/mol. The molecule has 0 bridgehead atoms. The SMILES string of the molecule is CC(C)NCCC(C)c1cccc(Br)c1F. The molecule has 0 spiro atoms. The van der Waals surface area contributed by atoms with Crippen LogP contribution in [0, 0.1) is 5.82 Å². The van der Waals surface area contributed by atoms with Crippen LogP contribution < -0.4 is 5.32 Å². The van der Waals surface area contributed by atoms with E-state index >= 15 is 0 Å². The van der Waals surface area contributed by atoms with Crippen molar-refractivity contribution in [3.05, 3.63) is 34.1 Å². The van der Waals surface area contributed by atoms with Gasteiger partial charge in [-0.25, -0.2) is 4.39 Å². The molecule has 0 aromatic heterocycles. The number of rotatable bonds is 5. The summed E-state index contributed by atoms with van der Waals surface area (Å²) in [4.78, 5) is 0. The third-order valence-corrected chi connectivity index (χ3v) is 3.25. The fourth-order valence-electron chi connectivity index (χ4n) is 1.65. The molecule has 3 heteroatoms. The zero-order valence-electron chi connectivity index (χ0n) is 10.1. The molecular weight excluding hydrogens is 269 g/mol. The molecule has 1 atom stereocenters. The van der Waals surface area contributed by atoms with Gasteiger partial charge in [0, 0.05) is 6.04 Å². The highest BCUT2D eigenvalue weighted by molar-refractivity contribution is 9.10. The molecule has 1 N–H and O–H groups in total. The zero-order valence-corrected chi connectivity index (χ0v) is 11.6. The van der Waals surface area contributed by atoms with Crippen molar-refractivity contribution in [1.29, 1.82) is 0 Å². The van der Waals surface area contributed by atoms with Crippen LogP contribution in [0.3, 0.4) is 0 Å². The Bertz CT molecular complexity index is 339. The Balaban J connectivity index is 2.59. The van der Waals surface area contributed by atoms with Gasteiger partial charge in [-0.3, -0.25) is 0 Å². The Kier molecular flexibility index (Phi) is 5.42. The Morgan fingerprint density at radius 1 is 1.31 bits per heavy atom. The lowest BCUT2D eigenvalue weighted by Gasteiger charge is -2.15. The first-order chi connectivity index (χ1) is 7.52. The molecule has 1 rings (SSSR count). The van der Waals surface area contributed by atoms with Crippen LogP contribution in [0.4, 0.5) is 4.39 Å². The first-order valence-electron chi connectivity index (χ1n) is 5.69. The first-order valence-corrected chi connectivity index (χ1v) is 6.49. The molecule has 0 aliphatic carbocycles. The number of nitrogens with one attached hydrogen (secondary N) is 1. The number of benzene rings is 1. The predicted molar refractivity (Wildman–Crippen MR) is 70.3 cm³/mol. The van der Waals surface area contributed by atoms with Crippen molar-refractivity contribution < 1.29 is 4.39 Å². The van der Waals surface area contributed by atoms with Crippen molar-refractivity contribution in [2.45, 2.75) is 39.2 Å². The molecule has 0 saturated carbocycles. The normalized spacial score (nSPS) is 13.1. The van der Waals surface area contributed by atoms with E-state index in [9.17, 15) is 4.39 Å². The van der Waals surface area contributed by atoms with Crippen LogP contribution in [-0.4, -0.2) is 12.6 Å². The van der Waals surface area contributed by atoms with Crippen molar-refractivity contribution in [3.63, 3.8) is 0 Å². The first kappa shape index (κ1) is 13.7. The van der Waals surface area contributed by atoms with Crippen LogP contribution in [0.5, 0.6) is 0 Å². The largest absolute Gasteiger partial charge is 0.315 e. The summed E-state index contributed by atoms with van der Waals surface area (Å²) in [6.07, 6.45) is 0.950. The molecule has 0 aliphatic heterocycles. The van der Waals surface area contributed by atoms with Crippen molar-refractivity contribution in [2.24, 2.45) is 0 Å². The maximum atomic E-state index is 13.8. The standard InChI is InChI=1S/C13H19BrFN/c1-9(2)16-8-7-10(3)11-5-4-6-12(14)13(11)15/h4-6,9-10,16H,7-8H2,1-3H3. The molecule has 0 fully saturated rings. The molecule has 0 heterocycles. The molecule has 16 heavy (non-hydrogen) atoms. The molecule has 0 radical (unpaired) electrons. The highest BCUT2D eigenvalue weighted by Gasteiger charge is 2.12. The van der Waals surface area contributed by atoms with E-state index < -0.39 is 0 Å². The second-order valence-corrected chi connectivity index (χ2v) is 5.30. The van der Waals surface area contributed by atoms with Gasteiger partial charge >= 0.3 is 0 Å². The van der Waals surface area contributed by atoms with E-state index in [-0.39, 0.29) is 11.7 Å². The maximum absolute atomic E-state index is 13.8. The minimum absolute atomic E-state index is 0.125. The Hall–Kier alpha value is -0.410. The van der Waals surface area contributed by atoms with Gasteiger partial charge in [-0.1, -0.05) is 32.9 Å². The molecular formula is C13H19BrFN. The van der Waals surface area contributed by atoms with E-state index in [1.807, 2.05) is 12.1 Å². The van der Waals surface area contributed by atoms with Crippen LogP contribution >= 0.6 is 15.9 Å². The van der Waals surface area contributed by atoms with E-state index in [1.54, 1.807) is 6.07 Å². The topological polar surface area (TPSA) is 12.0 Å². The molecule has 90 valence electrons. The maximum Gasteiger partial charge on any atom is 0.140 e. The fourth-order valence-corrected chi connectivity index (χ4v) is 2.03. The van der Waals surface area contributed by atoms with E-state index in [4.69, 9.17) is 0 Å². The molecule has 0 saturated heterocycles. The molecule has 1 unspecified atom stereocenters. The lowest BCUT2D eigenvalue weighted by atomic mass is 9.97. The van der Waals surface area contributed by atoms with E-state index in [0.29, 0.717) is 10.5 Å². The quantitative estimate of drug-likeness (QED) is 0.861. The Morgan fingerprint density at radius 2 is 2.00 bits per heavy atom. The second kappa shape index (κ2) is 6.36. The molecule has 0 amide bonds. The summed E-state index contributed by atoms with van der Waals surface area (Å²) in [5, 5.41) is 3.35. The summed E-state index contributed by atoms with van der Waals surface area (Å²) < 4.78 is 14.3. The van der Waals surface area contributed by atoms with Crippen LogP contribution in [-0.2, 0) is 0 Å². The average Bonchev–Trinajstić information content (AvgIpc) is 2.21. The Labute approximate surface area is 106 Å². The summed E-state index contributed by atoms with van der Waals surface area (Å²) in [6.45, 7) is 7.21. The third kappa shape index (κ3) is 3.87. The van der Waals surface area contributed by atoms with Crippen LogP contribution in [0.15, 0.2) is 22.7 Å². The molecule has 0 aliphatic rings. The summed E-state index contributed by atoms with van der Waals surface area (Å²) in [5.74, 6) is 0.114. The van der Waals surface area contributed by atoms with Crippen LogP contribution in [0.2, 0.25) is 0 Å². The Morgan fingerprint density at radius 3 is 2.62 bits per heavy atom. The lowest BCUT2D eigenvalue weighted by molar-refractivity contribution is 0.522. The van der Waals surface area contributed by atoms with Gasteiger partial charge in [0.1, 0.15) is 5.82 Å². The lowest BCUT2D eigenvalue weighted by Crippen LogP contribution is -2.24. The second-order valence-electron chi connectivity index (χ2n) is 4.44. The van der Waals surface area contributed by atoms with Gasteiger partial charge in [0.25, 0.3) is 0 Å². The van der Waals surface area contributed by atoms with Gasteiger partial charge in [0.2, 0.25) is 0 Å². The minimum Gasteiger partial charge on any atom is -0.315 e. The van der Waals surface area contributed by atoms with Crippen molar-refractivity contribution >= 4 is 15.9 Å². The smallest absolute Gasteiger partial charge is 0.140 e. The summed E-state index contributed by atoms with van der Waals surface area (Å²) in [5.41, 5.74) is 0.792. The minimum atomic E-state index is -0.125. The van der Waals surface area contributed by atoms with E-state index in [2.05, 4.69) is 42.0 Å². The number of hydrogen-bond acceptors (Lipinski definition) is 1. The molecule has 1 aromatic rings. The summed E-state index contributed by atoms with van der Waals surface area (Å²) >= 11 is 3.22. The highest BCUT2D eigenvalue weighted by Crippen LogP contribution is 2.26. The van der Waals surface area contributed by atoms with Crippen molar-refractivity contribution in [1.82, 2.24) is 5.32 Å². The zero-order chi connectivity index (χ0) is 12.1. The predicted octanol–water partition coefficient (Wildman–Crippen LogP) is 4.08. The number of hydrogen-bond donors (Lipinski definition) is 1. The van der Waals surface area contributed by atoms with Crippen LogP contribution in [0.1, 0.15) is 38.7 Å². The summed E-state index contributed by atoms with van der Waals surface area (Å²) in [7, 11) is 0. The van der Waals surface area contributed by atoms with Gasteiger partial charge in [-0.15, -0.1) is 0 Å². The third-order valence-electron chi connectivity index (χ3n) is 2.64. The van der Waals surface area contributed by atoms with Gasteiger partial charge in [0.15, 0.2) is 0 Å². The van der Waals surface area contributed by atoms with Gasteiger partial charge in [0.05, 0.1) is 4.47 Å². The molecule has 1 aromatic carbocycles. The molecule has 1 nitrogen and oxygen atoms in total. The number of halogens is 2. The van der Waals surface area contributed by atoms with Crippen molar-refractivity contribution in [3.8, 4) is 0 Å². The van der Waals surface area contributed by atoms with Gasteiger partial charge in [-0.05, 0) is 46.4 Å². The fraction of sp³-hybridized carbons (Fsp3) is 0.538. The van der Waals surface area contributed by atoms with E-state index in [1.165, 1.54) is 0 Å². The van der Waals surface area contributed by atoms with E-state index in [0.717, 1.165) is 18.5 Å². The summed E-state index contributed by atoms with van der Waals surface area (Å²) in [6, 6.07) is 5.96. The highest BCUT2D eigenvalue weighted by atomic mass is 79.9. The average molecular weight is 288 g/mol. The van der Waals surface area contributed by atoms with Crippen molar-refractivity contribution in [2.75, 3.05) is 6.54 Å². The van der Waals surface area contributed by atoms with Crippen LogP contribution in [0.25, 0.3) is 0 Å². The van der Waals surface area contributed by atoms with Gasteiger partial charge in [-0.2, -0.15) is 0 Å². The van der Waals surface area contributed by atoms with Gasteiger partial charge < -0.3 is 5.32 Å².